The number of hydrogen-bond acceptors (Lipinski definition) is 8. The maximum atomic E-state index is 13.8. The number of β-amino-alcohol motifs (C(OH)–C–C–N with tert-alkyl or cyclic N) is 1. The van der Waals surface area contributed by atoms with E-state index in [9.17, 15) is 19.5 Å². The molecule has 2 aliphatic rings. The molecule has 2 N–H and O–H groups in total. The van der Waals surface area contributed by atoms with E-state index in [1.807, 2.05) is 32.3 Å². The number of aliphatic hydroxyl groups is 1. The number of carbonyl (C=O) groups is 2. The molecule has 2 fully saturated rings. The molecular formula is C24H31N7O4S. The minimum Gasteiger partial charge on any atom is -0.391 e. The van der Waals surface area contributed by atoms with Crippen LogP contribution in [-0.4, -0.2) is 71.6 Å². The topological polar surface area (TPSA) is 135 Å². The summed E-state index contributed by atoms with van der Waals surface area (Å²) in [5, 5.41) is 23.5. The van der Waals surface area contributed by atoms with E-state index in [2.05, 4.69) is 20.6 Å². The molecule has 192 valence electrons. The minimum atomic E-state index is -0.807. The van der Waals surface area contributed by atoms with Gasteiger partial charge < -0.3 is 15.3 Å². The SMILES string of the molecule is CC(C)(C)[C@@H](C(=O)N1C[C@H](O)C[C@H]1C(=O)NCCn1cnc2ccsc2c1=O)n1cc(C2CC2)nn1. The van der Waals surface area contributed by atoms with Crippen LogP contribution in [0.4, 0.5) is 0 Å². The van der Waals surface area contributed by atoms with Crippen LogP contribution >= 0.6 is 11.3 Å². The maximum absolute atomic E-state index is 13.8. The lowest BCUT2D eigenvalue weighted by Gasteiger charge is -2.34. The van der Waals surface area contributed by atoms with Crippen LogP contribution in [0.1, 0.15) is 57.7 Å². The molecule has 3 aromatic heterocycles. The Bertz CT molecular complexity index is 1340. The van der Waals surface area contributed by atoms with E-state index in [0.717, 1.165) is 18.5 Å². The number of likely N-dealkylation sites (tertiary alicyclic amines) is 1. The average Bonchev–Trinajstić information content (AvgIpc) is 3.19. The van der Waals surface area contributed by atoms with Gasteiger partial charge in [0.25, 0.3) is 5.56 Å². The predicted octanol–water partition coefficient (Wildman–Crippen LogP) is 1.29. The third kappa shape index (κ3) is 4.79. The summed E-state index contributed by atoms with van der Waals surface area (Å²) in [5.74, 6) is -0.220. The second-order valence-corrected chi connectivity index (χ2v) is 11.6. The van der Waals surface area contributed by atoms with Crippen molar-refractivity contribution in [3.05, 3.63) is 40.0 Å². The summed E-state index contributed by atoms with van der Waals surface area (Å²) >= 11 is 1.33. The fourth-order valence-corrected chi connectivity index (χ4v) is 5.57. The van der Waals surface area contributed by atoms with Crippen molar-refractivity contribution in [3.8, 4) is 0 Å². The highest BCUT2D eigenvalue weighted by Crippen LogP contribution is 2.40. The van der Waals surface area contributed by atoms with Crippen LogP contribution in [0.25, 0.3) is 10.2 Å². The largest absolute Gasteiger partial charge is 0.391 e. The molecule has 12 heteroatoms. The van der Waals surface area contributed by atoms with E-state index in [0.29, 0.717) is 16.1 Å². The lowest BCUT2D eigenvalue weighted by Crippen LogP contribution is -2.50. The Hall–Kier alpha value is -3.12. The first kappa shape index (κ1) is 24.6. The number of aliphatic hydroxyl groups excluding tert-OH is 1. The predicted molar refractivity (Wildman–Crippen MR) is 134 cm³/mol. The standard InChI is InChI=1S/C24H31N7O4S/c1-24(2,3)20(31-12-17(27-28-31)14-4-5-14)23(35)30-11-15(32)10-18(30)21(33)25-7-8-29-13-26-16-6-9-36-19(16)22(29)34/h6,9,12-15,18,20,32H,4-5,7-8,10-11H2,1-3H3,(H,25,33)/t15-,18+,20-/m1/s1. The monoisotopic (exact) mass is 513 g/mol. The molecule has 0 spiro atoms. The van der Waals surface area contributed by atoms with Gasteiger partial charge in [0.05, 0.1) is 23.6 Å². The zero-order valence-corrected chi connectivity index (χ0v) is 21.4. The molecule has 4 heterocycles. The van der Waals surface area contributed by atoms with Crippen molar-refractivity contribution in [3.63, 3.8) is 0 Å². The number of carbonyl (C=O) groups excluding carboxylic acids is 2. The minimum absolute atomic E-state index is 0.0755. The summed E-state index contributed by atoms with van der Waals surface area (Å²) in [6, 6.07) is 0.320. The summed E-state index contributed by atoms with van der Waals surface area (Å²) in [6.07, 6.45) is 4.83. The quantitative estimate of drug-likeness (QED) is 0.486. The molecule has 0 unspecified atom stereocenters. The van der Waals surface area contributed by atoms with Gasteiger partial charge in [-0.15, -0.1) is 16.4 Å². The van der Waals surface area contributed by atoms with E-state index in [1.165, 1.54) is 27.1 Å². The summed E-state index contributed by atoms with van der Waals surface area (Å²) in [4.78, 5) is 45.2. The van der Waals surface area contributed by atoms with Gasteiger partial charge in [-0.2, -0.15) is 0 Å². The fraction of sp³-hybridized carbons (Fsp3) is 0.583. The zero-order chi connectivity index (χ0) is 25.6. The number of nitrogens with zero attached hydrogens (tertiary/aromatic N) is 6. The smallest absolute Gasteiger partial charge is 0.271 e. The van der Waals surface area contributed by atoms with Gasteiger partial charge in [-0.3, -0.25) is 19.0 Å². The Morgan fingerprint density at radius 1 is 1.31 bits per heavy atom. The number of hydrogen-bond donors (Lipinski definition) is 2. The second-order valence-electron chi connectivity index (χ2n) is 10.7. The molecule has 5 rings (SSSR count). The van der Waals surface area contributed by atoms with Gasteiger partial charge in [0.15, 0.2) is 0 Å². The highest BCUT2D eigenvalue weighted by atomic mass is 32.1. The Morgan fingerprint density at radius 2 is 2.08 bits per heavy atom. The van der Waals surface area contributed by atoms with Crippen molar-refractivity contribution in [2.75, 3.05) is 13.1 Å². The molecule has 1 saturated heterocycles. The van der Waals surface area contributed by atoms with Crippen LogP contribution in [0.2, 0.25) is 0 Å². The molecule has 1 saturated carbocycles. The third-order valence-corrected chi connectivity index (χ3v) is 7.69. The van der Waals surface area contributed by atoms with Crippen molar-refractivity contribution in [1.82, 2.24) is 34.8 Å². The maximum Gasteiger partial charge on any atom is 0.271 e. The molecule has 1 aliphatic carbocycles. The van der Waals surface area contributed by atoms with E-state index in [4.69, 9.17) is 0 Å². The number of fused-ring (bicyclic) bond motifs is 1. The molecule has 0 aromatic carbocycles. The fourth-order valence-electron chi connectivity index (χ4n) is 4.78. The number of rotatable bonds is 7. The molecule has 0 radical (unpaired) electrons. The summed E-state index contributed by atoms with van der Waals surface area (Å²) in [6.45, 7) is 6.38. The van der Waals surface area contributed by atoms with Crippen LogP contribution in [-0.2, 0) is 16.1 Å². The summed E-state index contributed by atoms with van der Waals surface area (Å²) in [5.41, 5.74) is 0.904. The number of amides is 2. The molecule has 36 heavy (non-hydrogen) atoms. The van der Waals surface area contributed by atoms with E-state index in [1.54, 1.807) is 10.7 Å². The van der Waals surface area contributed by atoms with Gasteiger partial charge in [-0.05, 0) is 29.7 Å². The molecule has 2 amide bonds. The first-order chi connectivity index (χ1) is 17.1. The van der Waals surface area contributed by atoms with Crippen molar-refractivity contribution in [1.29, 1.82) is 0 Å². The lowest BCUT2D eigenvalue weighted by molar-refractivity contribution is -0.144. The normalized spacial score (nSPS) is 21.2. The van der Waals surface area contributed by atoms with E-state index >= 15 is 0 Å². The summed E-state index contributed by atoms with van der Waals surface area (Å²) in [7, 11) is 0. The zero-order valence-electron chi connectivity index (χ0n) is 20.6. The molecular weight excluding hydrogens is 482 g/mol. The number of nitrogens with one attached hydrogen (secondary N) is 1. The van der Waals surface area contributed by atoms with Crippen LogP contribution in [0.5, 0.6) is 0 Å². The highest BCUT2D eigenvalue weighted by Gasteiger charge is 2.45. The van der Waals surface area contributed by atoms with Gasteiger partial charge in [-0.25, -0.2) is 9.67 Å². The Balaban J connectivity index is 1.28. The Labute approximate surface area is 212 Å². The first-order valence-corrected chi connectivity index (χ1v) is 13.1. The number of thiophene rings is 1. The lowest BCUT2D eigenvalue weighted by atomic mass is 9.85. The van der Waals surface area contributed by atoms with Crippen LogP contribution in [0.15, 0.2) is 28.8 Å². The molecule has 3 atom stereocenters. The van der Waals surface area contributed by atoms with Gasteiger partial charge in [-0.1, -0.05) is 26.0 Å². The van der Waals surface area contributed by atoms with Crippen molar-refractivity contribution in [2.24, 2.45) is 5.41 Å². The molecule has 0 bridgehead atoms. The Kier molecular flexibility index (Phi) is 6.41. The Morgan fingerprint density at radius 3 is 2.81 bits per heavy atom. The van der Waals surface area contributed by atoms with Gasteiger partial charge in [0.1, 0.15) is 16.8 Å². The van der Waals surface area contributed by atoms with Crippen molar-refractivity contribution < 1.29 is 14.7 Å². The molecule has 1 aliphatic heterocycles. The third-order valence-electron chi connectivity index (χ3n) is 6.79. The number of aromatic nitrogens is 5. The van der Waals surface area contributed by atoms with Gasteiger partial charge in [0, 0.05) is 38.2 Å². The average molecular weight is 514 g/mol. The van der Waals surface area contributed by atoms with Gasteiger partial charge in [0.2, 0.25) is 11.8 Å². The van der Waals surface area contributed by atoms with Crippen LogP contribution < -0.4 is 10.9 Å². The highest BCUT2D eigenvalue weighted by molar-refractivity contribution is 7.17. The summed E-state index contributed by atoms with van der Waals surface area (Å²) < 4.78 is 3.64. The van der Waals surface area contributed by atoms with Crippen molar-refractivity contribution in [2.45, 2.75) is 70.7 Å². The van der Waals surface area contributed by atoms with Crippen molar-refractivity contribution >= 4 is 33.4 Å². The van der Waals surface area contributed by atoms with Gasteiger partial charge >= 0.3 is 0 Å². The first-order valence-electron chi connectivity index (χ1n) is 12.2. The van der Waals surface area contributed by atoms with Crippen LogP contribution in [0.3, 0.4) is 0 Å². The molecule has 11 nitrogen and oxygen atoms in total. The van der Waals surface area contributed by atoms with E-state index < -0.39 is 23.6 Å². The van der Waals surface area contributed by atoms with Crippen LogP contribution in [0, 0.1) is 5.41 Å². The second kappa shape index (κ2) is 9.40. The molecule has 3 aromatic rings. The van der Waals surface area contributed by atoms with E-state index in [-0.39, 0.29) is 43.4 Å².